The zero-order valence-corrected chi connectivity index (χ0v) is 10.6. The lowest BCUT2D eigenvalue weighted by molar-refractivity contribution is 0.669. The van der Waals surface area contributed by atoms with E-state index in [-0.39, 0.29) is 0 Å². The minimum absolute atomic E-state index is 0.711. The van der Waals surface area contributed by atoms with Crippen LogP contribution in [0.3, 0.4) is 0 Å². The van der Waals surface area contributed by atoms with Crippen LogP contribution in [0.15, 0.2) is 10.4 Å². The number of rotatable bonds is 2. The fourth-order valence-corrected chi connectivity index (χ4v) is 2.90. The van der Waals surface area contributed by atoms with Crippen LogP contribution in [0.25, 0.3) is 0 Å². The highest BCUT2D eigenvalue weighted by molar-refractivity contribution is 8.13. The first kappa shape index (κ1) is 11.0. The lowest BCUT2D eigenvalue weighted by Crippen LogP contribution is -2.25. The molecule has 1 aromatic rings. The highest BCUT2D eigenvalue weighted by Gasteiger charge is 2.11. The van der Waals surface area contributed by atoms with Crippen molar-refractivity contribution in [2.24, 2.45) is 10.9 Å². The van der Waals surface area contributed by atoms with E-state index in [1.54, 1.807) is 11.3 Å². The Morgan fingerprint density at radius 2 is 2.47 bits per heavy atom. The molecule has 5 heteroatoms. The maximum absolute atomic E-state index is 4.48. The first-order valence-corrected chi connectivity index (χ1v) is 6.92. The number of aryl methyl sites for hydroxylation is 1. The second kappa shape index (κ2) is 4.99. The standard InChI is InChI=1S/C10H15N3S2/c1-7-3-11-10(15-5-7)12-4-9-13-8(2)6-14-9/h6-7H,3-5H2,1-2H3,(H,11,12). The second-order valence-electron chi connectivity index (χ2n) is 3.80. The number of nitrogens with one attached hydrogen (secondary N) is 1. The maximum Gasteiger partial charge on any atom is 0.156 e. The van der Waals surface area contributed by atoms with Crippen LogP contribution in [0.1, 0.15) is 17.6 Å². The Bertz CT molecular complexity index is 359. The van der Waals surface area contributed by atoms with Crippen molar-refractivity contribution in [1.29, 1.82) is 0 Å². The zero-order valence-electron chi connectivity index (χ0n) is 8.99. The molecule has 2 rings (SSSR count). The van der Waals surface area contributed by atoms with Crippen molar-refractivity contribution >= 4 is 28.3 Å². The van der Waals surface area contributed by atoms with Crippen LogP contribution in [-0.2, 0) is 6.54 Å². The molecule has 1 aliphatic rings. The SMILES string of the molecule is Cc1csc(CNC2=NCC(C)CS2)n1. The number of thioether (sulfide) groups is 1. The molecule has 0 saturated carbocycles. The third kappa shape index (κ3) is 3.21. The Kier molecular flexibility index (Phi) is 3.64. The van der Waals surface area contributed by atoms with Crippen LogP contribution in [0.5, 0.6) is 0 Å². The van der Waals surface area contributed by atoms with Gasteiger partial charge in [-0.1, -0.05) is 18.7 Å². The van der Waals surface area contributed by atoms with Crippen molar-refractivity contribution in [3.63, 3.8) is 0 Å². The van der Waals surface area contributed by atoms with Crippen molar-refractivity contribution < 1.29 is 0 Å². The predicted octanol–water partition coefficient (Wildman–Crippen LogP) is 2.28. The molecule has 1 unspecified atom stereocenters. The third-order valence-corrected chi connectivity index (χ3v) is 4.36. The summed E-state index contributed by atoms with van der Waals surface area (Å²) in [7, 11) is 0. The molecule has 0 fully saturated rings. The van der Waals surface area contributed by atoms with Gasteiger partial charge in [0.05, 0.1) is 6.54 Å². The van der Waals surface area contributed by atoms with E-state index >= 15 is 0 Å². The molecule has 0 aliphatic carbocycles. The maximum atomic E-state index is 4.48. The van der Waals surface area contributed by atoms with Crippen molar-refractivity contribution in [3.8, 4) is 0 Å². The molecule has 1 aromatic heterocycles. The fourth-order valence-electron chi connectivity index (χ4n) is 1.30. The number of hydrogen-bond donors (Lipinski definition) is 1. The van der Waals surface area contributed by atoms with Gasteiger partial charge in [-0.05, 0) is 12.8 Å². The van der Waals surface area contributed by atoms with Crippen molar-refractivity contribution in [1.82, 2.24) is 10.3 Å². The summed E-state index contributed by atoms with van der Waals surface area (Å²) < 4.78 is 0. The number of hydrogen-bond acceptors (Lipinski definition) is 5. The molecule has 0 radical (unpaired) electrons. The smallest absolute Gasteiger partial charge is 0.156 e. The highest BCUT2D eigenvalue weighted by atomic mass is 32.2. The van der Waals surface area contributed by atoms with E-state index in [0.29, 0.717) is 5.92 Å². The van der Waals surface area contributed by atoms with E-state index in [1.807, 2.05) is 18.7 Å². The van der Waals surface area contributed by atoms with E-state index in [2.05, 4.69) is 27.6 Å². The number of nitrogens with zero attached hydrogens (tertiary/aromatic N) is 2. The third-order valence-electron chi connectivity index (χ3n) is 2.11. The molecule has 0 bridgehead atoms. The van der Waals surface area contributed by atoms with Crippen LogP contribution in [0.4, 0.5) is 0 Å². The average molecular weight is 241 g/mol. The quantitative estimate of drug-likeness (QED) is 0.863. The summed E-state index contributed by atoms with van der Waals surface area (Å²) in [6, 6.07) is 0. The first-order chi connectivity index (χ1) is 7.24. The molecule has 2 heterocycles. The van der Waals surface area contributed by atoms with Crippen molar-refractivity contribution in [2.75, 3.05) is 12.3 Å². The number of aromatic nitrogens is 1. The van der Waals surface area contributed by atoms with E-state index in [1.165, 1.54) is 5.75 Å². The largest absolute Gasteiger partial charge is 0.358 e. The van der Waals surface area contributed by atoms with E-state index < -0.39 is 0 Å². The minimum Gasteiger partial charge on any atom is -0.358 e. The lowest BCUT2D eigenvalue weighted by atomic mass is 10.2. The molecule has 0 amide bonds. The molecule has 1 aliphatic heterocycles. The van der Waals surface area contributed by atoms with Gasteiger partial charge in [-0.25, -0.2) is 4.98 Å². The van der Waals surface area contributed by atoms with Gasteiger partial charge in [0, 0.05) is 23.4 Å². The van der Waals surface area contributed by atoms with Crippen molar-refractivity contribution in [2.45, 2.75) is 20.4 Å². The van der Waals surface area contributed by atoms with Gasteiger partial charge >= 0.3 is 0 Å². The summed E-state index contributed by atoms with van der Waals surface area (Å²) >= 11 is 3.51. The van der Waals surface area contributed by atoms with E-state index in [4.69, 9.17) is 0 Å². The highest BCUT2D eigenvalue weighted by Crippen LogP contribution is 2.16. The Labute approximate surface area is 98.4 Å². The molecular formula is C10H15N3S2. The molecule has 1 atom stereocenters. The Morgan fingerprint density at radius 3 is 3.07 bits per heavy atom. The summed E-state index contributed by atoms with van der Waals surface area (Å²) in [5.41, 5.74) is 1.10. The normalized spacial score (nSPS) is 21.2. The van der Waals surface area contributed by atoms with Crippen LogP contribution in [-0.4, -0.2) is 22.4 Å². The molecule has 0 saturated heterocycles. The van der Waals surface area contributed by atoms with Gasteiger partial charge in [-0.15, -0.1) is 11.3 Å². The number of amidine groups is 1. The van der Waals surface area contributed by atoms with Crippen LogP contribution < -0.4 is 5.32 Å². The van der Waals surface area contributed by atoms with Crippen LogP contribution in [0.2, 0.25) is 0 Å². The van der Waals surface area contributed by atoms with Crippen molar-refractivity contribution in [3.05, 3.63) is 16.1 Å². The molecular weight excluding hydrogens is 226 g/mol. The van der Waals surface area contributed by atoms with Gasteiger partial charge in [0.2, 0.25) is 0 Å². The molecule has 0 spiro atoms. The lowest BCUT2D eigenvalue weighted by Gasteiger charge is -2.17. The summed E-state index contributed by atoms with van der Waals surface area (Å²) in [5, 5.41) is 7.61. The molecule has 15 heavy (non-hydrogen) atoms. The van der Waals surface area contributed by atoms with Gasteiger partial charge in [0.1, 0.15) is 5.01 Å². The Morgan fingerprint density at radius 1 is 1.60 bits per heavy atom. The second-order valence-corrected chi connectivity index (χ2v) is 5.75. The molecule has 82 valence electrons. The fraction of sp³-hybridized carbons (Fsp3) is 0.600. The predicted molar refractivity (Wildman–Crippen MR) is 67.6 cm³/mol. The van der Waals surface area contributed by atoms with E-state index in [9.17, 15) is 0 Å². The number of aliphatic imine (C=N–C) groups is 1. The number of thiazole rings is 1. The molecule has 0 aromatic carbocycles. The van der Waals surface area contributed by atoms with Gasteiger partial charge < -0.3 is 5.32 Å². The summed E-state index contributed by atoms with van der Waals surface area (Å²) in [5.74, 6) is 1.88. The molecule has 1 N–H and O–H groups in total. The zero-order chi connectivity index (χ0) is 10.7. The van der Waals surface area contributed by atoms with Crippen LogP contribution >= 0.6 is 23.1 Å². The Hall–Kier alpha value is -0.550. The summed E-state index contributed by atoms with van der Waals surface area (Å²) in [6.45, 7) is 6.01. The van der Waals surface area contributed by atoms with Crippen LogP contribution in [0, 0.1) is 12.8 Å². The summed E-state index contributed by atoms with van der Waals surface area (Å²) in [6.07, 6.45) is 0. The summed E-state index contributed by atoms with van der Waals surface area (Å²) in [4.78, 5) is 8.88. The topological polar surface area (TPSA) is 37.3 Å². The molecule has 3 nitrogen and oxygen atoms in total. The Balaban J connectivity index is 1.83. The van der Waals surface area contributed by atoms with Gasteiger partial charge in [-0.3, -0.25) is 4.99 Å². The first-order valence-electron chi connectivity index (χ1n) is 5.06. The minimum atomic E-state index is 0.711. The van der Waals surface area contributed by atoms with E-state index in [0.717, 1.165) is 29.0 Å². The monoisotopic (exact) mass is 241 g/mol. The average Bonchev–Trinajstić information content (AvgIpc) is 2.64. The van der Waals surface area contributed by atoms with Gasteiger partial charge in [0.15, 0.2) is 5.17 Å². The van der Waals surface area contributed by atoms with Gasteiger partial charge in [-0.2, -0.15) is 0 Å². The van der Waals surface area contributed by atoms with Gasteiger partial charge in [0.25, 0.3) is 0 Å².